The summed E-state index contributed by atoms with van der Waals surface area (Å²) in [5.74, 6) is -0.909. The van der Waals surface area contributed by atoms with Crippen LogP contribution in [0.25, 0.3) is 0 Å². The molecule has 0 saturated heterocycles. The molecule has 8 heteroatoms. The quantitative estimate of drug-likeness (QED) is 0.550. The van der Waals surface area contributed by atoms with Crippen molar-refractivity contribution in [2.75, 3.05) is 5.73 Å². The van der Waals surface area contributed by atoms with Crippen LogP contribution >= 0.6 is 0 Å². The number of aromatic amines is 1. The van der Waals surface area contributed by atoms with Gasteiger partial charge in [0.1, 0.15) is 0 Å². The van der Waals surface area contributed by atoms with E-state index in [4.69, 9.17) is 5.73 Å². The topological polar surface area (TPSA) is 102 Å². The van der Waals surface area contributed by atoms with E-state index in [2.05, 4.69) is 0 Å². The first-order chi connectivity index (χ1) is 6.43. The first kappa shape index (κ1) is 10.1. The second-order valence-electron chi connectivity index (χ2n) is 2.41. The number of H-pyrrole nitrogens is 1. The van der Waals surface area contributed by atoms with E-state index in [-0.39, 0.29) is 0 Å². The van der Waals surface area contributed by atoms with Gasteiger partial charge in [-0.2, -0.15) is 0 Å². The van der Waals surface area contributed by atoms with E-state index in [1.165, 1.54) is 0 Å². The molecule has 1 aromatic rings. The molecule has 0 radical (unpaired) electrons. The Balaban J connectivity index is 3.43. The van der Waals surface area contributed by atoms with Gasteiger partial charge in [0.05, 0.1) is 0 Å². The van der Waals surface area contributed by atoms with E-state index >= 15 is 0 Å². The van der Waals surface area contributed by atoms with Crippen molar-refractivity contribution in [3.05, 3.63) is 32.1 Å². The van der Waals surface area contributed by atoms with Crippen molar-refractivity contribution in [2.45, 2.75) is 6.43 Å². The Morgan fingerprint density at radius 2 is 2.14 bits per heavy atom. The van der Waals surface area contributed by atoms with Crippen LogP contribution in [0.15, 0.2) is 10.9 Å². The van der Waals surface area contributed by atoms with Crippen molar-refractivity contribution in [3.8, 4) is 0 Å². The Morgan fingerprint density at radius 3 is 2.57 bits per heavy atom. The predicted octanol–water partition coefficient (Wildman–Crippen LogP) is 0.803. The van der Waals surface area contributed by atoms with Crippen molar-refractivity contribution < 1.29 is 13.7 Å². The molecule has 76 valence electrons. The van der Waals surface area contributed by atoms with Gasteiger partial charge in [-0.05, 0) is 4.92 Å². The first-order valence-corrected chi connectivity index (χ1v) is 3.38. The van der Waals surface area contributed by atoms with Gasteiger partial charge in [0.2, 0.25) is 5.43 Å². The van der Waals surface area contributed by atoms with Gasteiger partial charge in [0.25, 0.3) is 6.43 Å². The molecular formula is C6H5F2N3O3. The van der Waals surface area contributed by atoms with Crippen molar-refractivity contribution in [1.82, 2.24) is 4.98 Å². The lowest BCUT2D eigenvalue weighted by molar-refractivity contribution is -0.388. The number of alkyl halides is 2. The summed E-state index contributed by atoms with van der Waals surface area (Å²) in [5.41, 5.74) is 2.52. The highest BCUT2D eigenvalue weighted by Gasteiger charge is 2.20. The Morgan fingerprint density at radius 1 is 1.57 bits per heavy atom. The molecular weight excluding hydrogens is 200 g/mol. The fraction of sp³-hybridized carbons (Fsp3) is 0.167. The average Bonchev–Trinajstić information content (AvgIpc) is 2.08. The Labute approximate surface area is 75.5 Å². The summed E-state index contributed by atoms with van der Waals surface area (Å²) < 4.78 is 24.2. The molecule has 0 aromatic carbocycles. The smallest absolute Gasteiger partial charge is 0.348 e. The van der Waals surface area contributed by atoms with Crippen LogP contribution in [0.2, 0.25) is 0 Å². The third-order valence-electron chi connectivity index (χ3n) is 1.49. The van der Waals surface area contributed by atoms with E-state index in [0.717, 1.165) is 0 Å². The van der Waals surface area contributed by atoms with E-state index in [0.29, 0.717) is 6.07 Å². The number of hydrogen-bond donors (Lipinski definition) is 2. The SMILES string of the molecule is Nc1c([N+](=O)[O-])[nH]c(C(F)F)cc1=O. The van der Waals surface area contributed by atoms with Gasteiger partial charge in [0.15, 0.2) is 11.4 Å². The molecule has 14 heavy (non-hydrogen) atoms. The molecule has 3 N–H and O–H groups in total. The lowest BCUT2D eigenvalue weighted by Crippen LogP contribution is -2.13. The van der Waals surface area contributed by atoms with Crippen molar-refractivity contribution in [1.29, 1.82) is 0 Å². The summed E-state index contributed by atoms with van der Waals surface area (Å²) >= 11 is 0. The molecule has 0 amide bonds. The zero-order valence-electron chi connectivity index (χ0n) is 6.66. The second kappa shape index (κ2) is 3.40. The summed E-state index contributed by atoms with van der Waals surface area (Å²) in [6.45, 7) is 0. The standard InChI is InChI=1S/C6H5F2N3O3/c7-5(8)2-1-3(12)4(9)6(10-2)11(13)14/h1,5H,9H2,(H,10,12). The van der Waals surface area contributed by atoms with Crippen molar-refractivity contribution in [3.63, 3.8) is 0 Å². The summed E-state index contributed by atoms with van der Waals surface area (Å²) in [6, 6.07) is 0.535. The van der Waals surface area contributed by atoms with Crippen LogP contribution in [0, 0.1) is 10.1 Å². The molecule has 1 aromatic heterocycles. The Kier molecular flexibility index (Phi) is 2.45. The fourth-order valence-electron chi connectivity index (χ4n) is 0.837. The second-order valence-corrected chi connectivity index (χ2v) is 2.41. The molecule has 0 bridgehead atoms. The number of aromatic nitrogens is 1. The van der Waals surface area contributed by atoms with Crippen LogP contribution in [0.1, 0.15) is 12.1 Å². The third kappa shape index (κ3) is 1.68. The highest BCUT2D eigenvalue weighted by Crippen LogP contribution is 2.20. The van der Waals surface area contributed by atoms with Gasteiger partial charge < -0.3 is 15.8 Å². The molecule has 0 unspecified atom stereocenters. The number of nitrogen functional groups attached to an aromatic ring is 1. The summed E-state index contributed by atoms with van der Waals surface area (Å²) in [4.78, 5) is 21.9. The van der Waals surface area contributed by atoms with Gasteiger partial charge in [-0.3, -0.25) is 4.79 Å². The normalized spacial score (nSPS) is 10.5. The molecule has 0 aliphatic carbocycles. The zero-order valence-corrected chi connectivity index (χ0v) is 6.66. The Bertz CT molecular complexity index is 429. The van der Waals surface area contributed by atoms with Gasteiger partial charge in [0, 0.05) is 6.07 Å². The number of rotatable bonds is 2. The number of hydrogen-bond acceptors (Lipinski definition) is 4. The number of anilines is 1. The molecule has 0 fully saturated rings. The Hall–Kier alpha value is -1.99. The zero-order chi connectivity index (χ0) is 10.9. The van der Waals surface area contributed by atoms with E-state index in [1.807, 2.05) is 0 Å². The van der Waals surface area contributed by atoms with Crippen molar-refractivity contribution >= 4 is 11.5 Å². The first-order valence-electron chi connectivity index (χ1n) is 3.38. The molecule has 0 spiro atoms. The highest BCUT2D eigenvalue weighted by molar-refractivity contribution is 5.53. The van der Waals surface area contributed by atoms with Gasteiger partial charge in [-0.25, -0.2) is 13.8 Å². The number of pyridine rings is 1. The van der Waals surface area contributed by atoms with Gasteiger partial charge in [-0.1, -0.05) is 0 Å². The fourth-order valence-corrected chi connectivity index (χ4v) is 0.837. The summed E-state index contributed by atoms with van der Waals surface area (Å²) in [6.07, 6.45) is -2.98. The van der Waals surface area contributed by atoms with Crippen LogP contribution in [0.5, 0.6) is 0 Å². The minimum atomic E-state index is -2.98. The van der Waals surface area contributed by atoms with Gasteiger partial charge in [-0.15, -0.1) is 0 Å². The highest BCUT2D eigenvalue weighted by atomic mass is 19.3. The van der Waals surface area contributed by atoms with Crippen LogP contribution in [0.4, 0.5) is 20.3 Å². The van der Waals surface area contributed by atoms with E-state index < -0.39 is 34.0 Å². The van der Waals surface area contributed by atoms with E-state index in [9.17, 15) is 23.7 Å². The summed E-state index contributed by atoms with van der Waals surface area (Å²) in [7, 11) is 0. The van der Waals surface area contributed by atoms with Crippen LogP contribution in [-0.2, 0) is 0 Å². The minimum Gasteiger partial charge on any atom is -0.389 e. The summed E-state index contributed by atoms with van der Waals surface area (Å²) in [5, 5.41) is 10.3. The monoisotopic (exact) mass is 205 g/mol. The molecule has 6 nitrogen and oxygen atoms in total. The molecule has 0 atom stereocenters. The lowest BCUT2D eigenvalue weighted by atomic mass is 10.3. The molecule has 1 heterocycles. The molecule has 0 saturated carbocycles. The van der Waals surface area contributed by atoms with E-state index in [1.54, 1.807) is 4.98 Å². The number of nitrogens with one attached hydrogen (secondary N) is 1. The maximum Gasteiger partial charge on any atom is 0.348 e. The lowest BCUT2D eigenvalue weighted by Gasteiger charge is -2.00. The largest absolute Gasteiger partial charge is 0.389 e. The molecule has 0 aliphatic rings. The third-order valence-corrected chi connectivity index (χ3v) is 1.49. The van der Waals surface area contributed by atoms with Crippen LogP contribution in [-0.4, -0.2) is 9.91 Å². The molecule has 1 rings (SSSR count). The average molecular weight is 205 g/mol. The van der Waals surface area contributed by atoms with Crippen molar-refractivity contribution in [2.24, 2.45) is 0 Å². The maximum atomic E-state index is 12.1. The maximum absolute atomic E-state index is 12.1. The van der Waals surface area contributed by atoms with Gasteiger partial charge >= 0.3 is 5.82 Å². The number of nitrogens with two attached hydrogens (primary N) is 1. The van der Waals surface area contributed by atoms with Crippen LogP contribution < -0.4 is 11.2 Å². The number of nitrogens with zero attached hydrogens (tertiary/aromatic N) is 1. The number of nitro groups is 1. The predicted molar refractivity (Wildman–Crippen MR) is 43.1 cm³/mol. The number of halogens is 2. The molecule has 0 aliphatic heterocycles. The van der Waals surface area contributed by atoms with Crippen LogP contribution in [0.3, 0.4) is 0 Å². The minimum absolute atomic E-state index is 0.535.